The first-order valence-electron chi connectivity index (χ1n) is 13.7. The van der Waals surface area contributed by atoms with Gasteiger partial charge in [-0.3, -0.25) is 4.79 Å². The Labute approximate surface area is 240 Å². The number of fused-ring (bicyclic) bond motifs is 3. The normalized spacial score (nSPS) is 14.3. The van der Waals surface area contributed by atoms with E-state index in [0.29, 0.717) is 11.4 Å². The van der Waals surface area contributed by atoms with Crippen molar-refractivity contribution in [1.82, 2.24) is 15.0 Å². The minimum atomic E-state index is -0.535. The fourth-order valence-corrected chi connectivity index (χ4v) is 5.20. The minimum Gasteiger partial charge on any atom is -0.487 e. The number of carbonyl (C=O) groups excluding carboxylic acids is 1. The average molecular weight is 558 g/mol. The molecule has 1 atom stereocenters. The summed E-state index contributed by atoms with van der Waals surface area (Å²) in [5, 5.41) is 11.2. The Bertz CT molecular complexity index is 1530. The molecule has 1 aliphatic rings. The van der Waals surface area contributed by atoms with Gasteiger partial charge >= 0.3 is 5.97 Å². The number of aryl methyl sites for hydroxylation is 1. The highest BCUT2D eigenvalue weighted by molar-refractivity contribution is 5.88. The maximum atomic E-state index is 12.6. The van der Waals surface area contributed by atoms with Crippen LogP contribution >= 0.6 is 0 Å². The van der Waals surface area contributed by atoms with Crippen LogP contribution in [0.3, 0.4) is 0 Å². The predicted octanol–water partition coefficient (Wildman–Crippen LogP) is 5.96. The van der Waals surface area contributed by atoms with E-state index in [1.807, 2.05) is 46.0 Å². The van der Waals surface area contributed by atoms with Crippen LogP contribution in [0.5, 0.6) is 5.75 Å². The Balaban J connectivity index is 1.44. The molecule has 0 saturated heterocycles. The second kappa shape index (κ2) is 11.6. The largest absolute Gasteiger partial charge is 0.487 e. The van der Waals surface area contributed by atoms with Gasteiger partial charge in [-0.1, -0.05) is 41.6 Å². The Hall–Kier alpha value is -4.40. The lowest BCUT2D eigenvalue weighted by Gasteiger charge is -2.38. The zero-order valence-electron chi connectivity index (χ0n) is 24.1. The van der Waals surface area contributed by atoms with Gasteiger partial charge in [-0.2, -0.15) is 0 Å². The number of rotatable bonds is 9. The van der Waals surface area contributed by atoms with E-state index < -0.39 is 12.3 Å². The number of hydrogen-bond donors (Lipinski definition) is 1. The summed E-state index contributed by atoms with van der Waals surface area (Å²) in [7, 11) is 4.01. The molecule has 9 heteroatoms. The third kappa shape index (κ3) is 6.34. The maximum Gasteiger partial charge on any atom is 0.310 e. The molecule has 0 spiro atoms. The van der Waals surface area contributed by atoms with E-state index in [2.05, 4.69) is 70.0 Å². The van der Waals surface area contributed by atoms with Gasteiger partial charge in [0.2, 0.25) is 0 Å². The molecule has 41 heavy (non-hydrogen) atoms. The Morgan fingerprint density at radius 3 is 2.51 bits per heavy atom. The molecule has 3 aromatic carbocycles. The SMILES string of the molecule is CNc1ccc2c(c1)N(C)C(c1ccc(OCc3cn(CCF)nn3)cc1)c1cc(CC(=O)OC(C)(C)C)ccc1-2. The lowest BCUT2D eigenvalue weighted by molar-refractivity contribution is -0.153. The monoisotopic (exact) mass is 557 g/mol. The zero-order valence-corrected chi connectivity index (χ0v) is 24.1. The second-order valence-corrected chi connectivity index (χ2v) is 11.2. The molecule has 5 rings (SSSR count). The molecular weight excluding hydrogens is 521 g/mol. The first kappa shape index (κ1) is 28.1. The van der Waals surface area contributed by atoms with Gasteiger partial charge in [0.15, 0.2) is 0 Å². The molecule has 0 radical (unpaired) electrons. The molecule has 0 saturated carbocycles. The third-order valence-electron chi connectivity index (χ3n) is 7.01. The molecule has 0 amide bonds. The summed E-state index contributed by atoms with van der Waals surface area (Å²) in [6.07, 6.45) is 1.89. The number of aromatic nitrogens is 3. The lowest BCUT2D eigenvalue weighted by atomic mass is 9.84. The van der Waals surface area contributed by atoms with E-state index in [9.17, 15) is 9.18 Å². The van der Waals surface area contributed by atoms with E-state index in [1.54, 1.807) is 6.20 Å². The molecule has 2 heterocycles. The van der Waals surface area contributed by atoms with Gasteiger partial charge in [0, 0.05) is 31.0 Å². The van der Waals surface area contributed by atoms with Crippen molar-refractivity contribution in [2.75, 3.05) is 31.0 Å². The van der Waals surface area contributed by atoms with E-state index in [0.717, 1.165) is 39.2 Å². The van der Waals surface area contributed by atoms with Crippen LogP contribution in [0.25, 0.3) is 11.1 Å². The van der Waals surface area contributed by atoms with E-state index in [1.165, 1.54) is 4.68 Å². The van der Waals surface area contributed by atoms with Crippen LogP contribution in [0.15, 0.2) is 66.9 Å². The maximum absolute atomic E-state index is 12.6. The van der Waals surface area contributed by atoms with Crippen LogP contribution in [0.1, 0.15) is 49.2 Å². The summed E-state index contributed by atoms with van der Waals surface area (Å²) < 4.78 is 25.5. The number of ether oxygens (including phenoxy) is 2. The molecule has 1 aliphatic heterocycles. The van der Waals surface area contributed by atoms with Crippen LogP contribution < -0.4 is 15.0 Å². The van der Waals surface area contributed by atoms with Gasteiger partial charge in [-0.05, 0) is 67.3 Å². The standard InChI is InChI=1S/C32H36FN5O3/c1-32(2,3)41-30(39)17-21-6-12-26-27-13-9-23(34-4)18-29(27)37(5)31(28(26)16-21)22-7-10-25(11-8-22)40-20-24-19-38(15-14-33)36-35-24/h6-13,16,18-19,31,34H,14-15,17,20H2,1-5H3. The van der Waals surface area contributed by atoms with Gasteiger partial charge < -0.3 is 19.7 Å². The van der Waals surface area contributed by atoms with Crippen LogP contribution in [0.4, 0.5) is 15.8 Å². The molecule has 1 N–H and O–H groups in total. The molecule has 214 valence electrons. The molecule has 1 aromatic heterocycles. The second-order valence-electron chi connectivity index (χ2n) is 11.2. The highest BCUT2D eigenvalue weighted by Crippen LogP contribution is 2.47. The molecule has 0 aliphatic carbocycles. The number of hydrogen-bond acceptors (Lipinski definition) is 7. The number of nitrogens with one attached hydrogen (secondary N) is 1. The van der Waals surface area contributed by atoms with Crippen molar-refractivity contribution in [3.8, 4) is 16.9 Å². The van der Waals surface area contributed by atoms with Gasteiger partial charge in [0.05, 0.1) is 25.2 Å². The number of halogens is 1. The number of benzene rings is 3. The molecule has 0 bridgehead atoms. The number of alkyl halides is 1. The van der Waals surface area contributed by atoms with Crippen molar-refractivity contribution >= 4 is 17.3 Å². The molecular formula is C32H36FN5O3. The topological polar surface area (TPSA) is 81.5 Å². The molecule has 0 fully saturated rings. The van der Waals surface area contributed by atoms with E-state index >= 15 is 0 Å². The van der Waals surface area contributed by atoms with E-state index in [4.69, 9.17) is 9.47 Å². The zero-order chi connectivity index (χ0) is 29.1. The smallest absolute Gasteiger partial charge is 0.310 e. The van der Waals surface area contributed by atoms with Gasteiger partial charge in [-0.15, -0.1) is 5.10 Å². The average Bonchev–Trinajstić information content (AvgIpc) is 3.39. The van der Waals surface area contributed by atoms with Gasteiger partial charge in [0.1, 0.15) is 30.3 Å². The summed E-state index contributed by atoms with van der Waals surface area (Å²) in [5.41, 5.74) is 7.65. The molecule has 1 unspecified atom stereocenters. The molecule has 4 aromatic rings. The lowest BCUT2D eigenvalue weighted by Crippen LogP contribution is -2.29. The van der Waals surface area contributed by atoms with Crippen molar-refractivity contribution in [1.29, 1.82) is 0 Å². The highest BCUT2D eigenvalue weighted by Gasteiger charge is 2.31. The third-order valence-corrected chi connectivity index (χ3v) is 7.01. The number of esters is 1. The summed E-state index contributed by atoms with van der Waals surface area (Å²) in [5.74, 6) is 0.451. The summed E-state index contributed by atoms with van der Waals surface area (Å²) in [6.45, 7) is 5.56. The highest BCUT2D eigenvalue weighted by atomic mass is 19.1. The quantitative estimate of drug-likeness (QED) is 0.254. The minimum absolute atomic E-state index is 0.0853. The summed E-state index contributed by atoms with van der Waals surface area (Å²) >= 11 is 0. The first-order chi connectivity index (χ1) is 19.6. The first-order valence-corrected chi connectivity index (χ1v) is 13.7. The fraction of sp³-hybridized carbons (Fsp3) is 0.344. The van der Waals surface area contributed by atoms with Crippen LogP contribution in [0, 0.1) is 0 Å². The molecule has 8 nitrogen and oxygen atoms in total. The number of nitrogens with zero attached hydrogens (tertiary/aromatic N) is 4. The van der Waals surface area contributed by atoms with Gasteiger partial charge in [-0.25, -0.2) is 9.07 Å². The van der Waals surface area contributed by atoms with Crippen molar-refractivity contribution in [3.05, 3.63) is 89.2 Å². The predicted molar refractivity (Wildman–Crippen MR) is 158 cm³/mol. The Morgan fingerprint density at radius 2 is 1.80 bits per heavy atom. The van der Waals surface area contributed by atoms with Crippen molar-refractivity contribution in [3.63, 3.8) is 0 Å². The Kier molecular flexibility index (Phi) is 7.97. The van der Waals surface area contributed by atoms with Crippen molar-refractivity contribution in [2.24, 2.45) is 0 Å². The fourth-order valence-electron chi connectivity index (χ4n) is 5.20. The van der Waals surface area contributed by atoms with Crippen molar-refractivity contribution in [2.45, 2.75) is 52.0 Å². The summed E-state index contributed by atoms with van der Waals surface area (Å²) in [4.78, 5) is 14.9. The number of anilines is 2. The van der Waals surface area contributed by atoms with Crippen LogP contribution in [-0.2, 0) is 29.1 Å². The van der Waals surface area contributed by atoms with Gasteiger partial charge in [0.25, 0.3) is 0 Å². The number of carbonyl (C=O) groups is 1. The Morgan fingerprint density at radius 1 is 1.05 bits per heavy atom. The van der Waals surface area contributed by atoms with E-state index in [-0.39, 0.29) is 31.6 Å². The van der Waals surface area contributed by atoms with Crippen LogP contribution in [0.2, 0.25) is 0 Å². The van der Waals surface area contributed by atoms with Crippen molar-refractivity contribution < 1.29 is 18.7 Å². The van der Waals surface area contributed by atoms with Crippen LogP contribution in [-0.4, -0.2) is 47.3 Å². The summed E-state index contributed by atoms with van der Waals surface area (Å²) in [6, 6.07) is 20.6.